The van der Waals surface area contributed by atoms with Crippen molar-refractivity contribution in [1.82, 2.24) is 15.0 Å². The molecule has 0 fully saturated rings. The molecule has 0 aliphatic heterocycles. The zero-order valence-electron chi connectivity index (χ0n) is 11.5. The standard InChI is InChI=1S/C14H18N6/c1-20-13(9-17-19-20)8-16-14(15)18-12-6-5-10-3-2-4-11(10)7-12/h5-7,9H,2-4,8H2,1H3,(H3,15,16,18). The molecule has 3 N–H and O–H groups in total. The van der Waals surface area contributed by atoms with Crippen molar-refractivity contribution in [2.24, 2.45) is 17.8 Å². The molecule has 6 heteroatoms. The molecule has 0 saturated heterocycles. The third kappa shape index (κ3) is 2.64. The minimum Gasteiger partial charge on any atom is -0.370 e. The first kappa shape index (κ1) is 12.7. The van der Waals surface area contributed by atoms with Gasteiger partial charge >= 0.3 is 0 Å². The van der Waals surface area contributed by atoms with Crippen LogP contribution in [0.2, 0.25) is 0 Å². The van der Waals surface area contributed by atoms with Crippen LogP contribution in [0.3, 0.4) is 0 Å². The normalized spacial score (nSPS) is 14.3. The van der Waals surface area contributed by atoms with Crippen LogP contribution in [0.4, 0.5) is 5.69 Å². The van der Waals surface area contributed by atoms with Crippen LogP contribution < -0.4 is 11.1 Å². The Morgan fingerprint density at radius 3 is 3.05 bits per heavy atom. The molecule has 1 heterocycles. The van der Waals surface area contributed by atoms with Crippen LogP contribution in [-0.4, -0.2) is 21.0 Å². The van der Waals surface area contributed by atoms with Gasteiger partial charge in [0.1, 0.15) is 0 Å². The Kier molecular flexibility index (Phi) is 3.37. The van der Waals surface area contributed by atoms with Crippen LogP contribution in [-0.2, 0) is 26.4 Å². The molecule has 0 bridgehead atoms. The van der Waals surface area contributed by atoms with Gasteiger partial charge in [0.05, 0.1) is 18.4 Å². The predicted molar refractivity (Wildman–Crippen MR) is 78.4 cm³/mol. The summed E-state index contributed by atoms with van der Waals surface area (Å²) in [5.41, 5.74) is 10.7. The molecule has 0 radical (unpaired) electrons. The second-order valence-corrected chi connectivity index (χ2v) is 5.01. The first-order chi connectivity index (χ1) is 9.72. The maximum Gasteiger partial charge on any atom is 0.193 e. The van der Waals surface area contributed by atoms with E-state index >= 15 is 0 Å². The lowest BCUT2D eigenvalue weighted by Crippen LogP contribution is -2.22. The maximum atomic E-state index is 5.91. The van der Waals surface area contributed by atoms with Gasteiger partial charge in [0.15, 0.2) is 5.96 Å². The third-order valence-electron chi connectivity index (χ3n) is 3.59. The Morgan fingerprint density at radius 2 is 2.25 bits per heavy atom. The van der Waals surface area contributed by atoms with Gasteiger partial charge in [-0.3, -0.25) is 4.68 Å². The summed E-state index contributed by atoms with van der Waals surface area (Å²) in [5, 5.41) is 10.8. The number of aliphatic imine (C=N–C) groups is 1. The summed E-state index contributed by atoms with van der Waals surface area (Å²) in [6.07, 6.45) is 5.28. The van der Waals surface area contributed by atoms with E-state index in [4.69, 9.17) is 5.73 Å². The Hall–Kier alpha value is -2.37. The van der Waals surface area contributed by atoms with Crippen molar-refractivity contribution < 1.29 is 0 Å². The highest BCUT2D eigenvalue weighted by atomic mass is 15.4. The number of aromatic nitrogens is 3. The van der Waals surface area contributed by atoms with E-state index in [1.54, 1.807) is 10.9 Å². The highest BCUT2D eigenvalue weighted by Crippen LogP contribution is 2.24. The molecule has 0 unspecified atom stereocenters. The van der Waals surface area contributed by atoms with E-state index in [0.717, 1.165) is 17.8 Å². The molecule has 1 aliphatic rings. The minimum atomic E-state index is 0.407. The maximum absolute atomic E-state index is 5.91. The number of nitrogens with zero attached hydrogens (tertiary/aromatic N) is 4. The van der Waals surface area contributed by atoms with Crippen molar-refractivity contribution >= 4 is 11.6 Å². The average Bonchev–Trinajstić information content (AvgIpc) is 3.04. The number of fused-ring (bicyclic) bond motifs is 1. The molecular formula is C14H18N6. The number of aryl methyl sites for hydroxylation is 3. The Labute approximate surface area is 117 Å². The molecule has 104 valence electrons. The Morgan fingerprint density at radius 1 is 1.40 bits per heavy atom. The summed E-state index contributed by atoms with van der Waals surface area (Å²) in [5.74, 6) is 0.407. The van der Waals surface area contributed by atoms with Gasteiger partial charge in [0, 0.05) is 12.7 Å². The van der Waals surface area contributed by atoms with E-state index < -0.39 is 0 Å². The fourth-order valence-electron chi connectivity index (χ4n) is 2.46. The predicted octanol–water partition coefficient (Wildman–Crippen LogP) is 1.23. The van der Waals surface area contributed by atoms with Crippen LogP contribution in [0.1, 0.15) is 23.2 Å². The summed E-state index contributed by atoms with van der Waals surface area (Å²) >= 11 is 0. The van der Waals surface area contributed by atoms with Crippen LogP contribution >= 0.6 is 0 Å². The van der Waals surface area contributed by atoms with Crippen molar-refractivity contribution in [2.45, 2.75) is 25.8 Å². The lowest BCUT2D eigenvalue weighted by molar-refractivity contribution is 0.678. The molecule has 6 nitrogen and oxygen atoms in total. The van der Waals surface area contributed by atoms with Crippen molar-refractivity contribution in [2.75, 3.05) is 5.32 Å². The SMILES string of the molecule is Cn1nncc1CN=C(N)Nc1ccc2c(c1)CCC2. The van der Waals surface area contributed by atoms with Gasteiger partial charge in [-0.25, -0.2) is 4.99 Å². The number of nitrogens with one attached hydrogen (secondary N) is 1. The molecule has 3 rings (SSSR count). The van der Waals surface area contributed by atoms with Crippen LogP contribution in [0.15, 0.2) is 29.4 Å². The van der Waals surface area contributed by atoms with Crippen LogP contribution in [0.25, 0.3) is 0 Å². The summed E-state index contributed by atoms with van der Waals surface area (Å²) in [7, 11) is 1.84. The number of anilines is 1. The lowest BCUT2D eigenvalue weighted by Gasteiger charge is -2.08. The highest BCUT2D eigenvalue weighted by molar-refractivity contribution is 5.92. The molecule has 0 spiro atoms. The van der Waals surface area contributed by atoms with E-state index in [0.29, 0.717) is 12.5 Å². The van der Waals surface area contributed by atoms with Crippen molar-refractivity contribution in [3.8, 4) is 0 Å². The summed E-state index contributed by atoms with van der Waals surface area (Å²) in [6.45, 7) is 0.466. The van der Waals surface area contributed by atoms with E-state index in [2.05, 4.69) is 38.8 Å². The van der Waals surface area contributed by atoms with Gasteiger partial charge < -0.3 is 11.1 Å². The number of rotatable bonds is 3. The van der Waals surface area contributed by atoms with Crippen molar-refractivity contribution in [1.29, 1.82) is 0 Å². The second kappa shape index (κ2) is 5.32. The molecule has 0 saturated carbocycles. The largest absolute Gasteiger partial charge is 0.370 e. The Bertz CT molecular complexity index is 643. The molecule has 0 amide bonds. The summed E-state index contributed by atoms with van der Waals surface area (Å²) < 4.78 is 1.69. The molecule has 2 aromatic rings. The average molecular weight is 270 g/mol. The van der Waals surface area contributed by atoms with Gasteiger partial charge in [-0.05, 0) is 42.5 Å². The molecule has 1 aromatic carbocycles. The van der Waals surface area contributed by atoms with E-state index in [1.165, 1.54) is 24.0 Å². The van der Waals surface area contributed by atoms with Gasteiger partial charge in [-0.1, -0.05) is 11.3 Å². The monoisotopic (exact) mass is 270 g/mol. The number of hydrogen-bond donors (Lipinski definition) is 2. The lowest BCUT2D eigenvalue weighted by atomic mass is 10.1. The third-order valence-corrected chi connectivity index (χ3v) is 3.59. The topological polar surface area (TPSA) is 81.1 Å². The first-order valence-electron chi connectivity index (χ1n) is 6.74. The number of guanidine groups is 1. The molecule has 1 aromatic heterocycles. The fraction of sp³-hybridized carbons (Fsp3) is 0.357. The van der Waals surface area contributed by atoms with Gasteiger partial charge in [-0.15, -0.1) is 5.10 Å². The van der Waals surface area contributed by atoms with Crippen molar-refractivity contribution in [3.63, 3.8) is 0 Å². The zero-order chi connectivity index (χ0) is 13.9. The van der Waals surface area contributed by atoms with Crippen LogP contribution in [0.5, 0.6) is 0 Å². The van der Waals surface area contributed by atoms with E-state index in [1.807, 2.05) is 7.05 Å². The molecule has 1 aliphatic carbocycles. The molecule has 0 atom stereocenters. The smallest absolute Gasteiger partial charge is 0.193 e. The highest BCUT2D eigenvalue weighted by Gasteiger charge is 2.10. The van der Waals surface area contributed by atoms with Gasteiger partial charge in [0.25, 0.3) is 0 Å². The summed E-state index contributed by atoms with van der Waals surface area (Å²) in [6, 6.07) is 6.39. The zero-order valence-corrected chi connectivity index (χ0v) is 11.5. The first-order valence-corrected chi connectivity index (χ1v) is 6.74. The van der Waals surface area contributed by atoms with E-state index in [-0.39, 0.29) is 0 Å². The quantitative estimate of drug-likeness (QED) is 0.649. The minimum absolute atomic E-state index is 0.407. The van der Waals surface area contributed by atoms with E-state index in [9.17, 15) is 0 Å². The summed E-state index contributed by atoms with van der Waals surface area (Å²) in [4.78, 5) is 4.30. The molecular weight excluding hydrogens is 252 g/mol. The van der Waals surface area contributed by atoms with Gasteiger partial charge in [0.2, 0.25) is 0 Å². The Balaban J connectivity index is 1.66. The number of nitrogens with two attached hydrogens (primary N) is 1. The second-order valence-electron chi connectivity index (χ2n) is 5.01. The van der Waals surface area contributed by atoms with Gasteiger partial charge in [-0.2, -0.15) is 0 Å². The van der Waals surface area contributed by atoms with Crippen molar-refractivity contribution in [3.05, 3.63) is 41.2 Å². The number of hydrogen-bond acceptors (Lipinski definition) is 3. The number of benzene rings is 1. The molecule has 20 heavy (non-hydrogen) atoms. The van der Waals surface area contributed by atoms with Crippen LogP contribution in [0, 0.1) is 0 Å². The fourth-order valence-corrected chi connectivity index (χ4v) is 2.46.